The van der Waals surface area contributed by atoms with Crippen LogP contribution in [0.4, 0.5) is 0 Å². The lowest BCUT2D eigenvalue weighted by molar-refractivity contribution is -0.142. The number of carboxylic acids is 1. The number of carbonyl (C=O) groups excluding carboxylic acids is 2. The number of aromatic hydroxyl groups is 1. The first-order chi connectivity index (χ1) is 15.3. The van der Waals surface area contributed by atoms with Gasteiger partial charge in [-0.15, -0.1) is 0 Å². The summed E-state index contributed by atoms with van der Waals surface area (Å²) >= 11 is 0. The number of phenols is 1. The number of fused-ring (bicyclic) bond motifs is 5. The van der Waals surface area contributed by atoms with Crippen LogP contribution in [0, 0.1) is 0 Å². The molecule has 0 aromatic heterocycles. The van der Waals surface area contributed by atoms with Crippen LogP contribution in [0.15, 0.2) is 42.5 Å². The van der Waals surface area contributed by atoms with Gasteiger partial charge in [0.2, 0.25) is 11.8 Å². The molecule has 3 rings (SSSR count). The van der Waals surface area contributed by atoms with Crippen LogP contribution in [-0.4, -0.2) is 52.7 Å². The molecule has 0 fully saturated rings. The minimum Gasteiger partial charge on any atom is -0.508 e. The first-order valence-electron chi connectivity index (χ1n) is 10.5. The standard InChI is InChI=1S/C23H28N4O5.2CH4/c24-8-2-5-18-22(30)27-19(23(31)32)10-13-3-1-4-14(9-13)15-6-7-20(28)16(11-15)12-17(25)21(29)26-18;;/h1,3-4,6-7,9,11,17-19,28H,2,5,8,10,12,24-25H2,(H,26,29)(H,27,30)(H,31,32);2*1H4/t17-,18-,19-;;/m0../s1. The van der Waals surface area contributed by atoms with E-state index < -0.39 is 35.9 Å². The Kier molecular flexibility index (Phi) is 10.7. The fourth-order valence-electron chi connectivity index (χ4n) is 3.71. The molecule has 0 unspecified atom stereocenters. The van der Waals surface area contributed by atoms with Gasteiger partial charge in [-0.25, -0.2) is 4.79 Å². The van der Waals surface area contributed by atoms with Crippen LogP contribution in [0.25, 0.3) is 11.1 Å². The lowest BCUT2D eigenvalue weighted by Crippen LogP contribution is -2.55. The Morgan fingerprint density at radius 2 is 1.71 bits per heavy atom. The Hall–Kier alpha value is -3.43. The molecule has 0 radical (unpaired) electrons. The van der Waals surface area contributed by atoms with Crippen molar-refractivity contribution in [1.29, 1.82) is 0 Å². The Morgan fingerprint density at radius 3 is 2.38 bits per heavy atom. The minimum absolute atomic E-state index is 0. The van der Waals surface area contributed by atoms with Gasteiger partial charge in [-0.2, -0.15) is 0 Å². The average Bonchev–Trinajstić information content (AvgIpc) is 2.76. The fourth-order valence-corrected chi connectivity index (χ4v) is 3.71. The zero-order valence-electron chi connectivity index (χ0n) is 17.6. The Balaban J connectivity index is 0.00000289. The van der Waals surface area contributed by atoms with Gasteiger partial charge in [0.15, 0.2) is 0 Å². The maximum absolute atomic E-state index is 12.8. The van der Waals surface area contributed by atoms with Crippen molar-refractivity contribution in [2.75, 3.05) is 6.54 Å². The Bertz CT molecular complexity index is 1010. The van der Waals surface area contributed by atoms with E-state index in [0.29, 0.717) is 18.5 Å². The van der Waals surface area contributed by atoms with E-state index in [1.54, 1.807) is 24.3 Å². The van der Waals surface area contributed by atoms with E-state index in [2.05, 4.69) is 10.6 Å². The van der Waals surface area contributed by atoms with Crippen LogP contribution in [-0.2, 0) is 27.2 Å². The number of carboxylic acid groups (broad SMARTS) is 1. The largest absolute Gasteiger partial charge is 0.508 e. The summed E-state index contributed by atoms with van der Waals surface area (Å²) in [5.74, 6) is -2.35. The second kappa shape index (κ2) is 12.7. The first kappa shape index (κ1) is 28.6. The van der Waals surface area contributed by atoms with Crippen molar-refractivity contribution in [2.45, 2.75) is 58.7 Å². The van der Waals surface area contributed by atoms with Gasteiger partial charge in [-0.1, -0.05) is 45.2 Å². The second-order valence-electron chi connectivity index (χ2n) is 7.95. The van der Waals surface area contributed by atoms with Crippen LogP contribution in [0.1, 0.15) is 38.8 Å². The Morgan fingerprint density at radius 1 is 1.00 bits per heavy atom. The minimum atomic E-state index is -1.18. The van der Waals surface area contributed by atoms with Crippen LogP contribution >= 0.6 is 0 Å². The molecule has 0 aliphatic carbocycles. The maximum Gasteiger partial charge on any atom is 0.326 e. The van der Waals surface area contributed by atoms with Gasteiger partial charge in [0.05, 0.1) is 6.04 Å². The monoisotopic (exact) mass is 472 g/mol. The number of benzene rings is 2. The van der Waals surface area contributed by atoms with Crippen LogP contribution < -0.4 is 22.1 Å². The van der Waals surface area contributed by atoms with Crippen LogP contribution in [0.5, 0.6) is 5.75 Å². The van der Waals surface area contributed by atoms with E-state index in [0.717, 1.165) is 16.7 Å². The molecule has 8 N–H and O–H groups in total. The van der Waals surface area contributed by atoms with Crippen molar-refractivity contribution in [3.05, 3.63) is 53.6 Å². The lowest BCUT2D eigenvalue weighted by Gasteiger charge is -2.23. The van der Waals surface area contributed by atoms with Crippen molar-refractivity contribution in [1.82, 2.24) is 10.6 Å². The maximum atomic E-state index is 12.8. The molecule has 34 heavy (non-hydrogen) atoms. The second-order valence-corrected chi connectivity index (χ2v) is 7.95. The molecule has 2 amide bonds. The summed E-state index contributed by atoms with van der Waals surface area (Å²) in [6.45, 7) is 0.307. The third kappa shape index (κ3) is 7.03. The molecule has 1 aliphatic rings. The van der Waals surface area contributed by atoms with Gasteiger partial charge in [0.25, 0.3) is 0 Å². The first-order valence-corrected chi connectivity index (χ1v) is 10.5. The van der Waals surface area contributed by atoms with Gasteiger partial charge in [-0.05, 0) is 53.8 Å². The molecule has 186 valence electrons. The fraction of sp³-hybridized carbons (Fsp3) is 0.400. The normalized spacial score (nSPS) is 20.4. The average molecular weight is 473 g/mol. The van der Waals surface area contributed by atoms with E-state index in [1.807, 2.05) is 12.1 Å². The SMILES string of the molecule is C.C.NCCC[C@@H]1NC(=O)[C@@H](N)Cc2cc(ccc2O)-c2cccc(c2)C[C@@H](C(=O)O)NC1=O. The molecular weight excluding hydrogens is 436 g/mol. The molecule has 0 saturated heterocycles. The molecule has 9 nitrogen and oxygen atoms in total. The van der Waals surface area contributed by atoms with E-state index in [4.69, 9.17) is 11.5 Å². The molecule has 1 aliphatic heterocycles. The van der Waals surface area contributed by atoms with Crippen molar-refractivity contribution < 1.29 is 24.6 Å². The molecule has 9 heteroatoms. The smallest absolute Gasteiger partial charge is 0.326 e. The number of hydrogen-bond donors (Lipinski definition) is 6. The summed E-state index contributed by atoms with van der Waals surface area (Å²) < 4.78 is 0. The highest BCUT2D eigenvalue weighted by molar-refractivity contribution is 5.92. The molecular formula is C25H36N4O5. The number of carbonyl (C=O) groups is 3. The zero-order chi connectivity index (χ0) is 23.3. The van der Waals surface area contributed by atoms with Crippen LogP contribution in [0.2, 0.25) is 0 Å². The van der Waals surface area contributed by atoms with E-state index in [9.17, 15) is 24.6 Å². The predicted molar refractivity (Wildman–Crippen MR) is 132 cm³/mol. The number of rotatable bonds is 4. The number of hydrogen-bond acceptors (Lipinski definition) is 6. The molecule has 0 saturated carbocycles. The summed E-state index contributed by atoms with van der Waals surface area (Å²) in [5.41, 5.74) is 14.4. The third-order valence-corrected chi connectivity index (χ3v) is 5.50. The highest BCUT2D eigenvalue weighted by Gasteiger charge is 2.28. The summed E-state index contributed by atoms with van der Waals surface area (Å²) in [6, 6.07) is 9.15. The van der Waals surface area contributed by atoms with E-state index in [1.165, 1.54) is 6.07 Å². The highest BCUT2D eigenvalue weighted by Crippen LogP contribution is 2.28. The van der Waals surface area contributed by atoms with E-state index in [-0.39, 0.29) is 39.9 Å². The summed E-state index contributed by atoms with van der Waals surface area (Å²) in [6.07, 6.45) is 0.824. The number of nitrogens with two attached hydrogens (primary N) is 2. The number of nitrogens with one attached hydrogen (secondary N) is 2. The molecule has 3 atom stereocenters. The number of phenolic OH excluding ortho intramolecular Hbond substituents is 1. The van der Waals surface area contributed by atoms with Crippen molar-refractivity contribution in [3.63, 3.8) is 0 Å². The van der Waals surface area contributed by atoms with Gasteiger partial charge < -0.3 is 32.3 Å². The molecule has 2 aromatic rings. The van der Waals surface area contributed by atoms with Gasteiger partial charge in [0, 0.05) is 12.8 Å². The molecule has 1 heterocycles. The van der Waals surface area contributed by atoms with Gasteiger partial charge in [-0.3, -0.25) is 9.59 Å². The molecule has 0 spiro atoms. The predicted octanol–water partition coefficient (Wildman–Crippen LogP) is 1.55. The third-order valence-electron chi connectivity index (χ3n) is 5.50. The van der Waals surface area contributed by atoms with Gasteiger partial charge in [0.1, 0.15) is 17.8 Å². The number of aliphatic carboxylic acids is 1. The summed E-state index contributed by atoms with van der Waals surface area (Å²) in [7, 11) is 0. The van der Waals surface area contributed by atoms with Crippen molar-refractivity contribution in [2.24, 2.45) is 11.5 Å². The summed E-state index contributed by atoms with van der Waals surface area (Å²) in [5, 5.41) is 25.1. The van der Waals surface area contributed by atoms with Crippen LogP contribution in [0.3, 0.4) is 0 Å². The van der Waals surface area contributed by atoms with Crippen molar-refractivity contribution >= 4 is 17.8 Å². The number of amides is 2. The topological polar surface area (TPSA) is 168 Å². The van der Waals surface area contributed by atoms with E-state index >= 15 is 0 Å². The molecule has 2 aromatic carbocycles. The summed E-state index contributed by atoms with van der Waals surface area (Å²) in [4.78, 5) is 37.4. The lowest BCUT2D eigenvalue weighted by atomic mass is 9.96. The zero-order valence-corrected chi connectivity index (χ0v) is 17.6. The van der Waals surface area contributed by atoms with Crippen molar-refractivity contribution in [3.8, 4) is 16.9 Å². The Labute approximate surface area is 200 Å². The highest BCUT2D eigenvalue weighted by atomic mass is 16.4. The molecule has 4 bridgehead atoms. The quantitative estimate of drug-likeness (QED) is 0.392. The van der Waals surface area contributed by atoms with Gasteiger partial charge >= 0.3 is 5.97 Å².